The predicted molar refractivity (Wildman–Crippen MR) is 116 cm³/mol. The number of piperidine rings is 3. The summed E-state index contributed by atoms with van der Waals surface area (Å²) in [5, 5.41) is 0. The van der Waals surface area contributed by atoms with Gasteiger partial charge >= 0.3 is 0 Å². The van der Waals surface area contributed by atoms with Crippen LogP contribution < -0.4 is 0 Å². The molecule has 154 valence electrons. The second-order valence-electron chi connectivity index (χ2n) is 9.30. The van der Waals surface area contributed by atoms with E-state index in [-0.39, 0.29) is 5.91 Å². The monoisotopic (exact) mass is 400 g/mol. The van der Waals surface area contributed by atoms with Crippen LogP contribution in [0.2, 0.25) is 0 Å². The molecule has 5 heteroatoms. The molecule has 6 rings (SSSR count). The molecule has 3 saturated heterocycles. The van der Waals surface area contributed by atoms with Gasteiger partial charge in [-0.05, 0) is 55.2 Å². The molecule has 1 aromatic carbocycles. The molecule has 5 nitrogen and oxygen atoms in total. The lowest BCUT2D eigenvalue weighted by Crippen LogP contribution is -2.60. The topological polar surface area (TPSA) is 40.9 Å². The number of imidazole rings is 1. The molecule has 3 aromatic rings. The number of fused-ring (bicyclic) bond motifs is 5. The highest BCUT2D eigenvalue weighted by Gasteiger charge is 2.45. The van der Waals surface area contributed by atoms with Crippen LogP contribution in [-0.4, -0.2) is 50.8 Å². The summed E-state index contributed by atoms with van der Waals surface area (Å²) < 4.78 is 1.94. The minimum atomic E-state index is 0.171. The third-order valence-electron chi connectivity index (χ3n) is 7.49. The molecule has 30 heavy (non-hydrogen) atoms. The van der Waals surface area contributed by atoms with Gasteiger partial charge in [0.2, 0.25) is 0 Å². The molecule has 0 radical (unpaired) electrons. The van der Waals surface area contributed by atoms with Crippen LogP contribution in [0.1, 0.15) is 47.6 Å². The molecular weight excluding hydrogens is 372 g/mol. The zero-order valence-corrected chi connectivity index (χ0v) is 17.2. The van der Waals surface area contributed by atoms with Gasteiger partial charge in [0.25, 0.3) is 5.91 Å². The van der Waals surface area contributed by atoms with Gasteiger partial charge in [-0.2, -0.15) is 0 Å². The summed E-state index contributed by atoms with van der Waals surface area (Å²) in [5.74, 6) is 1.33. The largest absolute Gasteiger partial charge is 0.338 e. The quantitative estimate of drug-likeness (QED) is 0.652. The molecule has 5 heterocycles. The first kappa shape index (κ1) is 18.1. The van der Waals surface area contributed by atoms with Crippen molar-refractivity contribution in [3.63, 3.8) is 0 Å². The normalized spacial score (nSPS) is 29.0. The van der Waals surface area contributed by atoms with E-state index in [1.165, 1.54) is 31.2 Å². The molecular formula is C25H28N4O. The minimum absolute atomic E-state index is 0.171. The van der Waals surface area contributed by atoms with Crippen LogP contribution >= 0.6 is 0 Å². The van der Waals surface area contributed by atoms with Crippen LogP contribution in [0.4, 0.5) is 0 Å². The highest BCUT2D eigenvalue weighted by molar-refractivity contribution is 5.94. The van der Waals surface area contributed by atoms with E-state index in [4.69, 9.17) is 0 Å². The second kappa shape index (κ2) is 7.24. The van der Waals surface area contributed by atoms with Gasteiger partial charge in [0.15, 0.2) is 0 Å². The van der Waals surface area contributed by atoms with Crippen LogP contribution in [0.25, 0.3) is 5.65 Å². The zero-order valence-electron chi connectivity index (χ0n) is 17.2. The Hall–Kier alpha value is -2.66. The van der Waals surface area contributed by atoms with E-state index >= 15 is 0 Å². The van der Waals surface area contributed by atoms with E-state index in [2.05, 4.69) is 45.1 Å². The maximum Gasteiger partial charge on any atom is 0.255 e. The summed E-state index contributed by atoms with van der Waals surface area (Å²) in [6, 6.07) is 16.0. The average molecular weight is 401 g/mol. The Bertz CT molecular complexity index is 1060. The third kappa shape index (κ3) is 3.03. The Morgan fingerprint density at radius 1 is 1.00 bits per heavy atom. The standard InChI is InChI=1S/C25H28N4O/c30-25(20-9-10-24-26-11-12-27(24)16-20)28-14-18-13-21(17-28)23-8-4-7-22(29(23)15-18)19-5-2-1-3-6-19/h1-3,5-6,9-12,16,18,21-23H,4,7-8,13-15,17H2/t18-,21+,22+,23-/m0/s1. The molecule has 0 saturated carbocycles. The molecule has 3 fully saturated rings. The van der Waals surface area contributed by atoms with E-state index in [1.54, 1.807) is 6.20 Å². The number of nitrogens with zero attached hydrogens (tertiary/aromatic N) is 4. The van der Waals surface area contributed by atoms with Crippen molar-refractivity contribution >= 4 is 11.6 Å². The highest BCUT2D eigenvalue weighted by Crippen LogP contribution is 2.44. The van der Waals surface area contributed by atoms with E-state index in [1.807, 2.05) is 28.9 Å². The van der Waals surface area contributed by atoms with E-state index in [0.29, 0.717) is 23.9 Å². The van der Waals surface area contributed by atoms with Crippen molar-refractivity contribution in [3.05, 3.63) is 72.2 Å². The SMILES string of the molecule is O=C(c1ccc2nccn2c1)N1C[C@@H]2C[C@H](C1)[C@@H]1CCC[C@H](c3ccccc3)N1C2. The molecule has 3 aliphatic rings. The van der Waals surface area contributed by atoms with Gasteiger partial charge in [0, 0.05) is 50.3 Å². The van der Waals surface area contributed by atoms with Gasteiger partial charge in [-0.1, -0.05) is 30.3 Å². The van der Waals surface area contributed by atoms with Crippen molar-refractivity contribution in [1.29, 1.82) is 0 Å². The molecule has 4 atom stereocenters. The number of aromatic nitrogens is 2. The van der Waals surface area contributed by atoms with Crippen molar-refractivity contribution < 1.29 is 4.79 Å². The fraction of sp³-hybridized carbons (Fsp3) is 0.440. The molecule has 0 unspecified atom stereocenters. The van der Waals surface area contributed by atoms with E-state index < -0.39 is 0 Å². The first-order valence-electron chi connectivity index (χ1n) is 11.3. The minimum Gasteiger partial charge on any atom is -0.338 e. The summed E-state index contributed by atoms with van der Waals surface area (Å²) in [7, 11) is 0. The van der Waals surface area contributed by atoms with Crippen LogP contribution in [0.5, 0.6) is 0 Å². The lowest BCUT2D eigenvalue weighted by molar-refractivity contribution is -0.0511. The third-order valence-corrected chi connectivity index (χ3v) is 7.49. The van der Waals surface area contributed by atoms with Crippen LogP contribution in [0, 0.1) is 11.8 Å². The Morgan fingerprint density at radius 3 is 2.80 bits per heavy atom. The van der Waals surface area contributed by atoms with Crippen molar-refractivity contribution in [2.75, 3.05) is 19.6 Å². The fourth-order valence-electron chi connectivity index (χ4n) is 6.24. The smallest absolute Gasteiger partial charge is 0.255 e. The molecule has 0 N–H and O–H groups in total. The lowest BCUT2D eigenvalue weighted by atomic mass is 9.74. The second-order valence-corrected chi connectivity index (χ2v) is 9.30. The number of amides is 1. The van der Waals surface area contributed by atoms with Gasteiger partial charge in [-0.3, -0.25) is 9.69 Å². The van der Waals surface area contributed by atoms with Crippen LogP contribution in [-0.2, 0) is 0 Å². The lowest BCUT2D eigenvalue weighted by Gasteiger charge is -2.55. The number of hydrogen-bond donors (Lipinski definition) is 0. The maximum atomic E-state index is 13.3. The Morgan fingerprint density at radius 2 is 1.90 bits per heavy atom. The van der Waals surface area contributed by atoms with Crippen LogP contribution in [0.3, 0.4) is 0 Å². The van der Waals surface area contributed by atoms with Crippen molar-refractivity contribution in [1.82, 2.24) is 19.2 Å². The molecule has 0 aliphatic carbocycles. The number of rotatable bonds is 2. The van der Waals surface area contributed by atoms with Gasteiger partial charge < -0.3 is 9.30 Å². The summed E-state index contributed by atoms with van der Waals surface area (Å²) >= 11 is 0. The Labute approximate surface area is 177 Å². The predicted octanol–water partition coefficient (Wildman–Crippen LogP) is 4.02. The molecule has 2 bridgehead atoms. The number of carbonyl (C=O) groups excluding carboxylic acids is 1. The number of likely N-dealkylation sites (tertiary alicyclic amines) is 1. The Kier molecular flexibility index (Phi) is 4.38. The molecule has 1 amide bonds. The van der Waals surface area contributed by atoms with Crippen LogP contribution in [0.15, 0.2) is 61.1 Å². The van der Waals surface area contributed by atoms with E-state index in [0.717, 1.165) is 30.8 Å². The maximum absolute atomic E-state index is 13.3. The summed E-state index contributed by atoms with van der Waals surface area (Å²) in [5.41, 5.74) is 3.11. The molecule has 3 aliphatic heterocycles. The fourth-order valence-corrected chi connectivity index (χ4v) is 6.24. The van der Waals surface area contributed by atoms with Gasteiger partial charge in [0.1, 0.15) is 5.65 Å². The molecule has 2 aromatic heterocycles. The highest BCUT2D eigenvalue weighted by atomic mass is 16.2. The zero-order chi connectivity index (χ0) is 20.1. The Balaban J connectivity index is 1.23. The summed E-state index contributed by atoms with van der Waals surface area (Å²) in [6.45, 7) is 2.88. The van der Waals surface area contributed by atoms with Crippen molar-refractivity contribution in [2.24, 2.45) is 11.8 Å². The number of carbonyl (C=O) groups is 1. The first-order valence-corrected chi connectivity index (χ1v) is 11.3. The average Bonchev–Trinajstić information content (AvgIpc) is 3.26. The molecule has 0 spiro atoms. The van der Waals surface area contributed by atoms with Crippen molar-refractivity contribution in [3.8, 4) is 0 Å². The summed E-state index contributed by atoms with van der Waals surface area (Å²) in [4.78, 5) is 22.5. The van der Waals surface area contributed by atoms with Gasteiger partial charge in [0.05, 0.1) is 5.56 Å². The summed E-state index contributed by atoms with van der Waals surface area (Å²) in [6.07, 6.45) is 10.7. The number of hydrogen-bond acceptors (Lipinski definition) is 3. The first-order chi connectivity index (χ1) is 14.8. The van der Waals surface area contributed by atoms with Crippen molar-refractivity contribution in [2.45, 2.75) is 37.8 Å². The number of benzene rings is 1. The van der Waals surface area contributed by atoms with Gasteiger partial charge in [-0.25, -0.2) is 4.98 Å². The van der Waals surface area contributed by atoms with E-state index in [9.17, 15) is 4.79 Å². The number of pyridine rings is 1. The van der Waals surface area contributed by atoms with Gasteiger partial charge in [-0.15, -0.1) is 0 Å².